The molecule has 1 heterocycles. The van der Waals surface area contributed by atoms with Crippen LogP contribution in [-0.4, -0.2) is 22.6 Å². The molecule has 1 aromatic carbocycles. The van der Waals surface area contributed by atoms with Crippen LogP contribution in [0.4, 0.5) is 0 Å². The Kier molecular flexibility index (Phi) is 4.57. The van der Waals surface area contributed by atoms with E-state index in [1.165, 1.54) is 29.7 Å². The summed E-state index contributed by atoms with van der Waals surface area (Å²) in [5.41, 5.74) is 1.29. The minimum absolute atomic E-state index is 0.0134. The summed E-state index contributed by atoms with van der Waals surface area (Å²) >= 11 is 8.09. The van der Waals surface area contributed by atoms with E-state index in [1.807, 2.05) is 12.1 Å². The van der Waals surface area contributed by atoms with Gasteiger partial charge in [0.25, 0.3) is 0 Å². The topological polar surface area (TPSA) is 29.1 Å². The van der Waals surface area contributed by atoms with Gasteiger partial charge in [0, 0.05) is 10.9 Å². The van der Waals surface area contributed by atoms with Crippen LogP contribution in [0.1, 0.15) is 37.7 Å². The average molecular weight is 310 g/mol. The van der Waals surface area contributed by atoms with Crippen LogP contribution < -0.4 is 5.32 Å². The first kappa shape index (κ1) is 14.3. The molecular formula is C16H20ClNOS. The summed E-state index contributed by atoms with van der Waals surface area (Å²) in [7, 11) is 0. The van der Waals surface area contributed by atoms with Crippen LogP contribution in [0.15, 0.2) is 29.2 Å². The zero-order valence-corrected chi connectivity index (χ0v) is 13.1. The Hall–Kier alpha value is -0.670. The predicted octanol–water partition coefficient (Wildman–Crippen LogP) is 3.76. The molecule has 3 rings (SSSR count). The summed E-state index contributed by atoms with van der Waals surface area (Å²) in [6.45, 7) is 0. The van der Waals surface area contributed by atoms with E-state index >= 15 is 0 Å². The van der Waals surface area contributed by atoms with Gasteiger partial charge in [-0.1, -0.05) is 37.5 Å². The van der Waals surface area contributed by atoms with Crippen molar-refractivity contribution in [3.05, 3.63) is 29.8 Å². The third-order valence-corrected chi connectivity index (χ3v) is 6.04. The van der Waals surface area contributed by atoms with Gasteiger partial charge in [-0.15, -0.1) is 23.4 Å². The van der Waals surface area contributed by atoms with Crippen molar-refractivity contribution in [1.29, 1.82) is 0 Å². The van der Waals surface area contributed by atoms with Crippen molar-refractivity contribution in [2.24, 2.45) is 0 Å². The second-order valence-corrected chi connectivity index (χ2v) is 7.49. The van der Waals surface area contributed by atoms with Gasteiger partial charge in [-0.25, -0.2) is 0 Å². The van der Waals surface area contributed by atoms with E-state index in [0.29, 0.717) is 0 Å². The number of carbonyl (C=O) groups is 1. The molecule has 1 N–H and O–H groups in total. The molecule has 1 fully saturated rings. The molecule has 2 nitrogen and oxygen atoms in total. The maximum Gasteiger partial charge on any atom is 0.234 e. The first-order valence-electron chi connectivity index (χ1n) is 7.43. The van der Waals surface area contributed by atoms with Crippen LogP contribution in [-0.2, 0) is 11.2 Å². The lowest BCUT2D eigenvalue weighted by atomic mass is 10.1. The van der Waals surface area contributed by atoms with Gasteiger partial charge in [-0.05, 0) is 30.9 Å². The van der Waals surface area contributed by atoms with Gasteiger partial charge in [-0.2, -0.15) is 0 Å². The first-order valence-corrected chi connectivity index (χ1v) is 8.74. The van der Waals surface area contributed by atoms with Crippen molar-refractivity contribution >= 4 is 29.3 Å². The number of benzene rings is 1. The first-order chi connectivity index (χ1) is 9.74. The van der Waals surface area contributed by atoms with Gasteiger partial charge in [0.2, 0.25) is 5.91 Å². The highest BCUT2D eigenvalue weighted by molar-refractivity contribution is 8.01. The molecule has 1 aliphatic carbocycles. The fourth-order valence-electron chi connectivity index (χ4n) is 3.03. The number of hydrogen-bond donors (Lipinski definition) is 1. The Bertz CT molecular complexity index is 468. The summed E-state index contributed by atoms with van der Waals surface area (Å²) in [6, 6.07) is 8.44. The van der Waals surface area contributed by atoms with Crippen molar-refractivity contribution in [2.75, 3.05) is 0 Å². The van der Waals surface area contributed by atoms with Crippen LogP contribution in [0.3, 0.4) is 0 Å². The van der Waals surface area contributed by atoms with Crippen LogP contribution in [0.25, 0.3) is 0 Å². The quantitative estimate of drug-likeness (QED) is 0.666. The highest BCUT2D eigenvalue weighted by Crippen LogP contribution is 2.37. The molecule has 0 bridgehead atoms. The molecule has 0 aromatic heterocycles. The molecule has 0 spiro atoms. The van der Waals surface area contributed by atoms with Gasteiger partial charge in [0.15, 0.2) is 0 Å². The van der Waals surface area contributed by atoms with Crippen LogP contribution in [0.2, 0.25) is 0 Å². The normalized spacial score (nSPS) is 29.6. The van der Waals surface area contributed by atoms with E-state index < -0.39 is 0 Å². The Morgan fingerprint density at radius 2 is 2.00 bits per heavy atom. The van der Waals surface area contributed by atoms with Crippen LogP contribution >= 0.6 is 23.4 Å². The maximum atomic E-state index is 12.4. The lowest BCUT2D eigenvalue weighted by Gasteiger charge is -2.22. The lowest BCUT2D eigenvalue weighted by Crippen LogP contribution is -2.44. The Morgan fingerprint density at radius 1 is 1.20 bits per heavy atom. The largest absolute Gasteiger partial charge is 0.351 e. The third kappa shape index (κ3) is 3.15. The van der Waals surface area contributed by atoms with Crippen molar-refractivity contribution in [3.8, 4) is 0 Å². The number of halogens is 1. The number of hydrogen-bond acceptors (Lipinski definition) is 2. The van der Waals surface area contributed by atoms with Crippen molar-refractivity contribution in [1.82, 2.24) is 5.32 Å². The van der Waals surface area contributed by atoms with E-state index in [0.717, 1.165) is 19.3 Å². The summed E-state index contributed by atoms with van der Waals surface area (Å²) in [5, 5.41) is 3.30. The summed E-state index contributed by atoms with van der Waals surface area (Å²) in [5.74, 6) is 0.156. The summed E-state index contributed by atoms with van der Waals surface area (Å²) < 4.78 is 0. The third-order valence-electron chi connectivity index (χ3n) is 4.20. The monoisotopic (exact) mass is 309 g/mol. The van der Waals surface area contributed by atoms with E-state index in [4.69, 9.17) is 11.6 Å². The number of carbonyl (C=O) groups excluding carboxylic acids is 1. The molecule has 0 radical (unpaired) electrons. The van der Waals surface area contributed by atoms with E-state index in [9.17, 15) is 4.79 Å². The second-order valence-electron chi connectivity index (χ2n) is 5.69. The predicted molar refractivity (Wildman–Crippen MR) is 84.4 cm³/mol. The fourth-order valence-corrected chi connectivity index (χ4v) is 4.58. The molecule has 1 aromatic rings. The average Bonchev–Trinajstić information content (AvgIpc) is 2.79. The standard InChI is InChI=1S/C16H20ClNOS/c17-12-7-2-1-3-8-13(12)18-16(19)15-10-11-6-4-5-9-14(11)20-15/h4-6,9,12-13,15H,1-3,7-8,10H2,(H,18,19). The highest BCUT2D eigenvalue weighted by Gasteiger charge is 2.31. The van der Waals surface area contributed by atoms with Crippen molar-refractivity contribution in [2.45, 2.75) is 60.1 Å². The van der Waals surface area contributed by atoms with Gasteiger partial charge in [0.05, 0.1) is 10.6 Å². The Balaban J connectivity index is 1.60. The zero-order chi connectivity index (χ0) is 13.9. The zero-order valence-electron chi connectivity index (χ0n) is 11.5. The molecule has 3 unspecified atom stereocenters. The van der Waals surface area contributed by atoms with Gasteiger partial charge < -0.3 is 5.32 Å². The van der Waals surface area contributed by atoms with Gasteiger partial charge in [0.1, 0.15) is 0 Å². The van der Waals surface area contributed by atoms with Gasteiger partial charge >= 0.3 is 0 Å². The van der Waals surface area contributed by atoms with Crippen LogP contribution in [0, 0.1) is 0 Å². The molecule has 1 amide bonds. The van der Waals surface area contributed by atoms with Crippen LogP contribution in [0.5, 0.6) is 0 Å². The Morgan fingerprint density at radius 3 is 2.85 bits per heavy atom. The number of amides is 1. The minimum Gasteiger partial charge on any atom is -0.351 e. The van der Waals surface area contributed by atoms with Gasteiger partial charge in [-0.3, -0.25) is 4.79 Å². The summed E-state index contributed by atoms with van der Waals surface area (Å²) in [4.78, 5) is 13.7. The number of rotatable bonds is 2. The summed E-state index contributed by atoms with van der Waals surface area (Å²) in [6.07, 6.45) is 6.47. The lowest BCUT2D eigenvalue weighted by molar-refractivity contribution is -0.121. The smallest absolute Gasteiger partial charge is 0.234 e. The minimum atomic E-state index is 0.0134. The number of fused-ring (bicyclic) bond motifs is 1. The van der Waals surface area contributed by atoms with E-state index in [1.54, 1.807) is 11.8 Å². The number of thioether (sulfide) groups is 1. The van der Waals surface area contributed by atoms with E-state index in [-0.39, 0.29) is 22.6 Å². The SMILES string of the molecule is O=C(NC1CCCCCC1Cl)C1Cc2ccccc2S1. The highest BCUT2D eigenvalue weighted by atomic mass is 35.5. The molecule has 108 valence electrons. The molecular weight excluding hydrogens is 290 g/mol. The van der Waals surface area contributed by atoms with Crippen molar-refractivity contribution in [3.63, 3.8) is 0 Å². The molecule has 2 aliphatic rings. The molecule has 0 saturated heterocycles. The van der Waals surface area contributed by atoms with E-state index in [2.05, 4.69) is 17.4 Å². The molecule has 3 atom stereocenters. The molecule has 20 heavy (non-hydrogen) atoms. The fraction of sp³-hybridized carbons (Fsp3) is 0.562. The molecule has 1 aliphatic heterocycles. The number of alkyl halides is 1. The molecule has 1 saturated carbocycles. The second kappa shape index (κ2) is 6.40. The molecule has 4 heteroatoms. The maximum absolute atomic E-state index is 12.4. The Labute approximate surface area is 129 Å². The number of nitrogens with one attached hydrogen (secondary N) is 1. The van der Waals surface area contributed by atoms with Crippen molar-refractivity contribution < 1.29 is 4.79 Å².